The lowest BCUT2D eigenvalue weighted by atomic mass is 10.2. The van der Waals surface area contributed by atoms with Crippen LogP contribution in [0.25, 0.3) is 0 Å². The number of benzene rings is 2. The van der Waals surface area contributed by atoms with Crippen LogP contribution in [0.4, 0.5) is 11.4 Å². The van der Waals surface area contributed by atoms with Gasteiger partial charge in [-0.15, -0.1) is 4.70 Å². The summed E-state index contributed by atoms with van der Waals surface area (Å²) in [5.41, 5.74) is 1.95. The molecule has 0 aliphatic carbocycles. The Hall–Kier alpha value is -1.33. The van der Waals surface area contributed by atoms with Gasteiger partial charge in [-0.05, 0) is 36.8 Å². The number of halogens is 4. The number of carbonyl (C=O) groups is 1. The smallest absolute Gasteiger partial charge is 0.239 e. The molecule has 1 amide bonds. The Morgan fingerprint density at radius 1 is 1.04 bits per heavy atom. The van der Waals surface area contributed by atoms with Crippen molar-refractivity contribution < 1.29 is 9.49 Å². The highest BCUT2D eigenvalue weighted by molar-refractivity contribution is 6.42. The molecule has 0 atom stereocenters. The van der Waals surface area contributed by atoms with Crippen LogP contribution in [0, 0.1) is 6.92 Å². The third-order valence-electron chi connectivity index (χ3n) is 3.29. The van der Waals surface area contributed by atoms with E-state index < -0.39 is 0 Å². The van der Waals surface area contributed by atoms with Crippen LogP contribution < -0.4 is 5.01 Å². The fraction of sp³-hybridized carbons (Fsp3) is 0.133. The quantitative estimate of drug-likeness (QED) is 0.609. The topological polar surface area (TPSA) is 35.7 Å². The molecule has 0 radical (unpaired) electrons. The van der Waals surface area contributed by atoms with Crippen LogP contribution >= 0.6 is 46.4 Å². The normalized spacial score (nSPS) is 14.4. The van der Waals surface area contributed by atoms with E-state index in [1.807, 2.05) is 19.1 Å². The van der Waals surface area contributed by atoms with Crippen molar-refractivity contribution in [2.45, 2.75) is 6.92 Å². The average molecular weight is 390 g/mol. The van der Waals surface area contributed by atoms with E-state index in [1.165, 1.54) is 21.8 Å². The first-order chi connectivity index (χ1) is 10.9. The van der Waals surface area contributed by atoms with Crippen molar-refractivity contribution in [3.63, 3.8) is 0 Å². The van der Waals surface area contributed by atoms with E-state index in [0.29, 0.717) is 21.4 Å². The van der Waals surface area contributed by atoms with Crippen molar-refractivity contribution in [1.82, 2.24) is 0 Å². The number of aryl methyl sites for hydroxylation is 1. The van der Waals surface area contributed by atoms with Gasteiger partial charge in [0.1, 0.15) is 5.22 Å². The van der Waals surface area contributed by atoms with Crippen molar-refractivity contribution in [3.05, 3.63) is 56.0 Å². The fourth-order valence-electron chi connectivity index (χ4n) is 2.24. The molecule has 8 heteroatoms. The minimum absolute atomic E-state index is 0.0401. The van der Waals surface area contributed by atoms with Crippen LogP contribution in [0.5, 0.6) is 0 Å². The number of nitrogens with zero attached hydrogens (tertiary/aromatic N) is 3. The first kappa shape index (κ1) is 16.5. The molecular formula is C15H10Cl4N3O+. The van der Waals surface area contributed by atoms with Gasteiger partial charge in [-0.3, -0.25) is 0 Å². The standard InChI is InChI=1S/C15H10Cl4N3O/c1-8-2-3-10(17)13(4-8)21-7-14(23)22(20-21)15-11(18)5-9(16)6-12(15)19/h2-6H,7H2,1H3/q+1. The zero-order valence-corrected chi connectivity index (χ0v) is 14.9. The summed E-state index contributed by atoms with van der Waals surface area (Å²) in [6.45, 7) is 1.97. The Balaban J connectivity index is 2.08. The average Bonchev–Trinajstić information content (AvgIpc) is 2.82. The van der Waals surface area contributed by atoms with Crippen LogP contribution in [0.15, 0.2) is 35.6 Å². The Labute approximate surface area is 152 Å². The minimum Gasteiger partial charge on any atom is -0.239 e. The first-order valence-corrected chi connectivity index (χ1v) is 8.11. The molecule has 0 fully saturated rings. The molecule has 0 unspecified atom stereocenters. The fourth-order valence-corrected chi connectivity index (χ4v) is 3.44. The maximum absolute atomic E-state index is 12.3. The third-order valence-corrected chi connectivity index (χ3v) is 4.41. The van der Waals surface area contributed by atoms with Gasteiger partial charge in [0, 0.05) is 5.02 Å². The molecule has 23 heavy (non-hydrogen) atoms. The van der Waals surface area contributed by atoms with Crippen LogP contribution in [0.2, 0.25) is 20.1 Å². The second-order valence-corrected chi connectivity index (χ2v) is 6.68. The predicted octanol–water partition coefficient (Wildman–Crippen LogP) is 5.67. The number of hydrogen-bond donors (Lipinski definition) is 0. The summed E-state index contributed by atoms with van der Waals surface area (Å²) in [4.78, 5) is 12.3. The van der Waals surface area contributed by atoms with Crippen molar-refractivity contribution in [2.75, 3.05) is 11.6 Å². The van der Waals surface area contributed by atoms with Crippen molar-refractivity contribution in [1.29, 1.82) is 0 Å². The Morgan fingerprint density at radius 2 is 1.70 bits per heavy atom. The lowest BCUT2D eigenvalue weighted by Gasteiger charge is -2.06. The second-order valence-electron chi connectivity index (χ2n) is 5.03. The highest BCUT2D eigenvalue weighted by atomic mass is 35.5. The predicted molar refractivity (Wildman–Crippen MR) is 92.4 cm³/mol. The summed E-state index contributed by atoms with van der Waals surface area (Å²) < 4.78 is 1.51. The minimum atomic E-state index is -0.270. The molecule has 118 valence electrons. The van der Waals surface area contributed by atoms with E-state index in [0.717, 1.165) is 5.56 Å². The monoisotopic (exact) mass is 388 g/mol. The van der Waals surface area contributed by atoms with Gasteiger partial charge in [0.25, 0.3) is 0 Å². The first-order valence-electron chi connectivity index (χ1n) is 6.59. The lowest BCUT2D eigenvalue weighted by molar-refractivity contribution is -0.491. The highest BCUT2D eigenvalue weighted by Crippen LogP contribution is 2.39. The van der Waals surface area contributed by atoms with Gasteiger partial charge in [-0.1, -0.05) is 57.5 Å². The molecule has 4 nitrogen and oxygen atoms in total. The largest absolute Gasteiger partial charge is 0.379 e. The van der Waals surface area contributed by atoms with Gasteiger partial charge >= 0.3 is 5.91 Å². The van der Waals surface area contributed by atoms with Crippen LogP contribution in [-0.2, 0) is 4.79 Å². The molecule has 0 saturated heterocycles. The van der Waals surface area contributed by atoms with E-state index in [-0.39, 0.29) is 22.5 Å². The Bertz CT molecular complexity index is 828. The molecule has 0 N–H and O–H groups in total. The Kier molecular flexibility index (Phi) is 4.52. The summed E-state index contributed by atoms with van der Waals surface area (Å²) >= 11 is 24.4. The van der Waals surface area contributed by atoms with Crippen molar-refractivity contribution in [3.8, 4) is 0 Å². The third kappa shape index (κ3) is 3.17. The molecule has 1 heterocycles. The van der Waals surface area contributed by atoms with E-state index in [2.05, 4.69) is 5.22 Å². The van der Waals surface area contributed by atoms with E-state index in [9.17, 15) is 4.79 Å². The van der Waals surface area contributed by atoms with Crippen LogP contribution in [0.3, 0.4) is 0 Å². The molecule has 0 bridgehead atoms. The van der Waals surface area contributed by atoms with Crippen molar-refractivity contribution in [2.24, 2.45) is 5.22 Å². The highest BCUT2D eigenvalue weighted by Gasteiger charge is 2.38. The van der Waals surface area contributed by atoms with Gasteiger partial charge in [0.05, 0.1) is 15.1 Å². The van der Waals surface area contributed by atoms with Gasteiger partial charge in [0.2, 0.25) is 6.54 Å². The summed E-state index contributed by atoms with van der Waals surface area (Å²) in [5, 5.41) is 6.83. The molecule has 1 aliphatic rings. The maximum Gasteiger partial charge on any atom is 0.379 e. The molecule has 0 spiro atoms. The second kappa shape index (κ2) is 6.29. The Morgan fingerprint density at radius 3 is 2.35 bits per heavy atom. The van der Waals surface area contributed by atoms with E-state index >= 15 is 0 Å². The van der Waals surface area contributed by atoms with Crippen molar-refractivity contribution >= 4 is 63.7 Å². The van der Waals surface area contributed by atoms with E-state index in [1.54, 1.807) is 6.07 Å². The molecular weight excluding hydrogens is 380 g/mol. The molecule has 2 aromatic carbocycles. The molecule has 0 saturated carbocycles. The number of amides is 1. The maximum atomic E-state index is 12.3. The van der Waals surface area contributed by atoms with Gasteiger partial charge < -0.3 is 0 Å². The number of anilines is 1. The van der Waals surface area contributed by atoms with Crippen LogP contribution in [0.1, 0.15) is 5.56 Å². The molecule has 0 aromatic heterocycles. The van der Waals surface area contributed by atoms with Gasteiger partial charge in [-0.25, -0.2) is 4.79 Å². The van der Waals surface area contributed by atoms with Crippen LogP contribution in [-0.4, -0.2) is 17.1 Å². The number of hydrogen-bond acceptors (Lipinski definition) is 2. The van der Waals surface area contributed by atoms with Gasteiger partial charge in [-0.2, -0.15) is 0 Å². The number of carbonyl (C=O) groups excluding carboxylic acids is 1. The summed E-state index contributed by atoms with van der Waals surface area (Å²) in [6, 6.07) is 8.52. The lowest BCUT2D eigenvalue weighted by Crippen LogP contribution is -2.23. The summed E-state index contributed by atoms with van der Waals surface area (Å²) in [7, 11) is 0. The molecule has 2 aromatic rings. The van der Waals surface area contributed by atoms with Gasteiger partial charge in [0.15, 0.2) is 11.4 Å². The summed E-state index contributed by atoms with van der Waals surface area (Å²) in [5.74, 6) is -0.270. The number of rotatable bonds is 2. The molecule has 1 aliphatic heterocycles. The molecule has 3 rings (SSSR count). The zero-order chi connectivity index (χ0) is 16.7. The van der Waals surface area contributed by atoms with E-state index in [4.69, 9.17) is 46.4 Å². The SMILES string of the molecule is Cc1ccc(Cl)c([N+]2=NN(c3c(Cl)cc(Cl)cc3Cl)C(=O)C2)c1. The summed E-state index contributed by atoms with van der Waals surface area (Å²) in [6.07, 6.45) is 0. The zero-order valence-electron chi connectivity index (χ0n) is 11.9.